The van der Waals surface area contributed by atoms with Crippen LogP contribution in [0.25, 0.3) is 0 Å². The number of ether oxygens (including phenoxy) is 1. The van der Waals surface area contributed by atoms with E-state index in [-0.39, 0.29) is 16.7 Å². The number of nitro benzene ring substituents is 1. The van der Waals surface area contributed by atoms with Crippen molar-refractivity contribution in [2.24, 2.45) is 4.99 Å². The van der Waals surface area contributed by atoms with Crippen molar-refractivity contribution in [3.05, 3.63) is 69.8 Å². The van der Waals surface area contributed by atoms with Crippen LogP contribution in [0.1, 0.15) is 30.0 Å². The summed E-state index contributed by atoms with van der Waals surface area (Å²) in [6.45, 7) is 3.12. The summed E-state index contributed by atoms with van der Waals surface area (Å²) in [4.78, 5) is 17.6. The first kappa shape index (κ1) is 21.6. The van der Waals surface area contributed by atoms with E-state index in [0.29, 0.717) is 24.6 Å². The minimum Gasteiger partial charge on any atom is -0.497 e. The molecule has 1 atom stereocenters. The zero-order valence-corrected chi connectivity index (χ0v) is 17.5. The van der Waals surface area contributed by atoms with Crippen molar-refractivity contribution in [1.82, 2.24) is 15.5 Å². The molecule has 2 aromatic rings. The molecular weight excluding hydrogens is 382 g/mol. The highest BCUT2D eigenvalue weighted by atomic mass is 16.6. The molecule has 0 saturated carbocycles. The van der Waals surface area contributed by atoms with E-state index in [1.54, 1.807) is 32.4 Å². The molecule has 160 valence electrons. The lowest BCUT2D eigenvalue weighted by Crippen LogP contribution is -2.42. The maximum Gasteiger partial charge on any atom is 0.274 e. The predicted molar refractivity (Wildman–Crippen MR) is 118 cm³/mol. The molecule has 8 heteroatoms. The van der Waals surface area contributed by atoms with Gasteiger partial charge in [-0.2, -0.15) is 0 Å². The summed E-state index contributed by atoms with van der Waals surface area (Å²) in [5.41, 5.74) is 1.92. The maximum atomic E-state index is 11.2. The molecule has 1 saturated heterocycles. The van der Waals surface area contributed by atoms with Gasteiger partial charge in [-0.05, 0) is 43.6 Å². The van der Waals surface area contributed by atoms with E-state index in [1.807, 2.05) is 12.1 Å². The van der Waals surface area contributed by atoms with Crippen molar-refractivity contribution in [2.75, 3.05) is 33.8 Å². The molecule has 0 aliphatic carbocycles. The van der Waals surface area contributed by atoms with Crippen LogP contribution in [-0.2, 0) is 6.54 Å². The Morgan fingerprint density at radius 1 is 1.20 bits per heavy atom. The van der Waals surface area contributed by atoms with E-state index in [4.69, 9.17) is 4.74 Å². The Bertz CT molecular complexity index is 881. The van der Waals surface area contributed by atoms with Gasteiger partial charge in [-0.1, -0.05) is 30.3 Å². The van der Waals surface area contributed by atoms with E-state index in [9.17, 15) is 10.1 Å². The third-order valence-corrected chi connectivity index (χ3v) is 5.38. The smallest absolute Gasteiger partial charge is 0.274 e. The first-order valence-electron chi connectivity index (χ1n) is 10.2. The van der Waals surface area contributed by atoms with Gasteiger partial charge in [0, 0.05) is 31.8 Å². The summed E-state index contributed by atoms with van der Waals surface area (Å²) in [6, 6.07) is 15.1. The van der Waals surface area contributed by atoms with Gasteiger partial charge in [-0.15, -0.1) is 0 Å². The van der Waals surface area contributed by atoms with E-state index < -0.39 is 0 Å². The average molecular weight is 412 g/mol. The SMILES string of the molecule is CN=C(NCc1ccccc1[N+](=O)[O-])NCC(c1cccc(OC)c1)N1CCCC1. The molecule has 2 N–H and O–H groups in total. The van der Waals surface area contributed by atoms with Crippen LogP contribution < -0.4 is 15.4 Å². The fourth-order valence-electron chi connectivity index (χ4n) is 3.79. The lowest BCUT2D eigenvalue weighted by atomic mass is 10.1. The van der Waals surface area contributed by atoms with Crippen LogP contribution in [0.3, 0.4) is 0 Å². The summed E-state index contributed by atoms with van der Waals surface area (Å²) in [5, 5.41) is 17.8. The quantitative estimate of drug-likeness (QED) is 0.300. The molecular formula is C22H29N5O3. The first-order chi connectivity index (χ1) is 14.6. The molecule has 2 aromatic carbocycles. The van der Waals surface area contributed by atoms with Crippen LogP contribution >= 0.6 is 0 Å². The minimum absolute atomic E-state index is 0.103. The predicted octanol–water partition coefficient (Wildman–Crippen LogP) is 3.11. The van der Waals surface area contributed by atoms with E-state index in [1.165, 1.54) is 24.5 Å². The number of guanidine groups is 1. The molecule has 1 heterocycles. The van der Waals surface area contributed by atoms with E-state index >= 15 is 0 Å². The molecule has 0 amide bonds. The fraction of sp³-hybridized carbons (Fsp3) is 0.409. The number of nitrogens with zero attached hydrogens (tertiary/aromatic N) is 3. The molecule has 1 aliphatic heterocycles. The van der Waals surface area contributed by atoms with Gasteiger partial charge in [-0.3, -0.25) is 20.0 Å². The topological polar surface area (TPSA) is 92.0 Å². The lowest BCUT2D eigenvalue weighted by molar-refractivity contribution is -0.385. The number of benzene rings is 2. The summed E-state index contributed by atoms with van der Waals surface area (Å²) >= 11 is 0. The number of likely N-dealkylation sites (tertiary alicyclic amines) is 1. The van der Waals surface area contributed by atoms with E-state index in [0.717, 1.165) is 18.8 Å². The largest absolute Gasteiger partial charge is 0.497 e. The molecule has 0 bridgehead atoms. The number of para-hydroxylation sites is 1. The Morgan fingerprint density at radius 3 is 2.67 bits per heavy atom. The van der Waals surface area contributed by atoms with Crippen LogP contribution in [0.15, 0.2) is 53.5 Å². The standard InChI is InChI=1S/C22H29N5O3/c1-23-22(24-15-18-8-3-4-11-20(18)27(28)29)25-16-21(26-12-5-6-13-26)17-9-7-10-19(14-17)30-2/h3-4,7-11,14,21H,5-6,12-13,15-16H2,1-2H3,(H2,23,24,25). The van der Waals surface area contributed by atoms with Crippen LogP contribution in [0.5, 0.6) is 5.75 Å². The second kappa shape index (κ2) is 10.6. The van der Waals surface area contributed by atoms with Crippen molar-refractivity contribution in [3.63, 3.8) is 0 Å². The number of nitrogens with one attached hydrogen (secondary N) is 2. The van der Waals surface area contributed by atoms with Crippen LogP contribution in [-0.4, -0.2) is 49.6 Å². The zero-order valence-electron chi connectivity index (χ0n) is 17.5. The summed E-state index contributed by atoms with van der Waals surface area (Å²) in [5.74, 6) is 1.45. The molecule has 3 rings (SSSR count). The highest BCUT2D eigenvalue weighted by Gasteiger charge is 2.24. The number of hydrogen-bond acceptors (Lipinski definition) is 5. The van der Waals surface area contributed by atoms with Crippen molar-refractivity contribution < 1.29 is 9.66 Å². The summed E-state index contributed by atoms with van der Waals surface area (Å²) in [6.07, 6.45) is 2.40. The highest BCUT2D eigenvalue weighted by molar-refractivity contribution is 5.79. The molecule has 0 radical (unpaired) electrons. The first-order valence-corrected chi connectivity index (χ1v) is 10.2. The van der Waals surface area contributed by atoms with Gasteiger partial charge in [0.25, 0.3) is 5.69 Å². The number of aliphatic imine (C=N–C) groups is 1. The lowest BCUT2D eigenvalue weighted by Gasteiger charge is -2.29. The van der Waals surface area contributed by atoms with Gasteiger partial charge in [0.1, 0.15) is 5.75 Å². The van der Waals surface area contributed by atoms with Crippen LogP contribution in [0.2, 0.25) is 0 Å². The molecule has 8 nitrogen and oxygen atoms in total. The minimum atomic E-state index is -0.362. The Hall–Kier alpha value is -3.13. The maximum absolute atomic E-state index is 11.2. The molecule has 0 aromatic heterocycles. The van der Waals surface area contributed by atoms with Crippen molar-refractivity contribution in [1.29, 1.82) is 0 Å². The third kappa shape index (κ3) is 5.48. The molecule has 1 unspecified atom stereocenters. The molecule has 1 aliphatic rings. The number of nitro groups is 1. The molecule has 1 fully saturated rings. The summed E-state index contributed by atoms with van der Waals surface area (Å²) < 4.78 is 5.40. The van der Waals surface area contributed by atoms with Crippen LogP contribution in [0.4, 0.5) is 5.69 Å². The van der Waals surface area contributed by atoms with Crippen LogP contribution in [0, 0.1) is 10.1 Å². The van der Waals surface area contributed by atoms with Crippen molar-refractivity contribution >= 4 is 11.6 Å². The van der Waals surface area contributed by atoms with Crippen molar-refractivity contribution in [2.45, 2.75) is 25.4 Å². The highest BCUT2D eigenvalue weighted by Crippen LogP contribution is 2.27. The Labute approximate surface area is 177 Å². The average Bonchev–Trinajstić information content (AvgIpc) is 3.31. The monoisotopic (exact) mass is 411 g/mol. The summed E-state index contributed by atoms with van der Waals surface area (Å²) in [7, 11) is 3.38. The van der Waals surface area contributed by atoms with Gasteiger partial charge in [0.05, 0.1) is 18.1 Å². The Kier molecular flexibility index (Phi) is 7.62. The fourth-order valence-corrected chi connectivity index (χ4v) is 3.79. The number of rotatable bonds is 8. The molecule has 30 heavy (non-hydrogen) atoms. The van der Waals surface area contributed by atoms with Gasteiger partial charge < -0.3 is 15.4 Å². The van der Waals surface area contributed by atoms with Gasteiger partial charge in [0.15, 0.2) is 5.96 Å². The normalized spacial score (nSPS) is 15.6. The Balaban J connectivity index is 1.67. The van der Waals surface area contributed by atoms with Gasteiger partial charge >= 0.3 is 0 Å². The van der Waals surface area contributed by atoms with Gasteiger partial charge in [-0.25, -0.2) is 0 Å². The van der Waals surface area contributed by atoms with Gasteiger partial charge in [0.2, 0.25) is 0 Å². The third-order valence-electron chi connectivity index (χ3n) is 5.38. The van der Waals surface area contributed by atoms with E-state index in [2.05, 4.69) is 32.7 Å². The number of hydrogen-bond donors (Lipinski definition) is 2. The zero-order chi connectivity index (χ0) is 21.3. The second-order valence-electron chi connectivity index (χ2n) is 7.23. The second-order valence-corrected chi connectivity index (χ2v) is 7.23. The molecule has 0 spiro atoms. The van der Waals surface area contributed by atoms with Crippen molar-refractivity contribution in [3.8, 4) is 5.75 Å². The number of methoxy groups -OCH3 is 1. The Morgan fingerprint density at radius 2 is 1.97 bits per heavy atom.